The van der Waals surface area contributed by atoms with E-state index in [-0.39, 0.29) is 18.2 Å². The van der Waals surface area contributed by atoms with Gasteiger partial charge in [-0.25, -0.2) is 0 Å². The summed E-state index contributed by atoms with van der Waals surface area (Å²) in [6.07, 6.45) is 1.59. The third-order valence-electron chi connectivity index (χ3n) is 5.21. The van der Waals surface area contributed by atoms with Gasteiger partial charge in [0.2, 0.25) is 5.91 Å². The van der Waals surface area contributed by atoms with Crippen LogP contribution >= 0.6 is 23.2 Å². The summed E-state index contributed by atoms with van der Waals surface area (Å²) in [5.41, 5.74) is 1.84. The highest BCUT2D eigenvalue weighted by atomic mass is 35.5. The van der Waals surface area contributed by atoms with E-state index in [1.165, 1.54) is 0 Å². The minimum Gasteiger partial charge on any atom is -0.362 e. The van der Waals surface area contributed by atoms with Gasteiger partial charge in [0.15, 0.2) is 0 Å². The van der Waals surface area contributed by atoms with Gasteiger partial charge in [0, 0.05) is 31.6 Å². The van der Waals surface area contributed by atoms with Gasteiger partial charge in [0.25, 0.3) is 5.91 Å². The number of likely N-dealkylation sites (tertiary alicyclic amines) is 1. The number of amides is 2. The minimum atomic E-state index is -0.494. The van der Waals surface area contributed by atoms with Crippen LogP contribution in [-0.2, 0) is 11.2 Å². The predicted octanol–water partition coefficient (Wildman–Crippen LogP) is 3.71. The minimum absolute atomic E-state index is 0.0470. The van der Waals surface area contributed by atoms with Crippen LogP contribution in [0.25, 0.3) is 0 Å². The molecule has 2 aromatic carbocycles. The molecule has 0 unspecified atom stereocenters. The average molecular weight is 404 g/mol. The van der Waals surface area contributed by atoms with Crippen molar-refractivity contribution in [1.82, 2.24) is 10.2 Å². The molecule has 5 nitrogen and oxygen atoms in total. The summed E-state index contributed by atoms with van der Waals surface area (Å²) in [5.74, 6) is -0.0225. The summed E-state index contributed by atoms with van der Waals surface area (Å²) in [6.45, 7) is 1.16. The molecule has 0 atom stereocenters. The Morgan fingerprint density at radius 3 is 2.52 bits per heavy atom. The van der Waals surface area contributed by atoms with E-state index in [4.69, 9.17) is 23.2 Å². The molecule has 140 valence electrons. The molecule has 27 heavy (non-hydrogen) atoms. The lowest BCUT2D eigenvalue weighted by Crippen LogP contribution is -2.62. The van der Waals surface area contributed by atoms with Crippen molar-refractivity contribution in [3.63, 3.8) is 0 Å². The lowest BCUT2D eigenvalue weighted by atomic mass is 9.92. The van der Waals surface area contributed by atoms with Crippen LogP contribution in [0, 0.1) is 0 Å². The zero-order valence-electron chi connectivity index (χ0n) is 14.6. The van der Waals surface area contributed by atoms with Crippen molar-refractivity contribution < 1.29 is 9.59 Å². The number of carbonyl (C=O) groups excluding carboxylic acids is 2. The number of fused-ring (bicyclic) bond motifs is 1. The van der Waals surface area contributed by atoms with E-state index < -0.39 is 5.66 Å². The van der Waals surface area contributed by atoms with Crippen LogP contribution in [0.3, 0.4) is 0 Å². The van der Waals surface area contributed by atoms with E-state index in [1.807, 2.05) is 29.2 Å². The molecule has 2 N–H and O–H groups in total. The van der Waals surface area contributed by atoms with Crippen LogP contribution in [0.1, 0.15) is 28.8 Å². The molecule has 0 saturated carbocycles. The topological polar surface area (TPSA) is 61.4 Å². The Bertz CT molecular complexity index is 908. The molecule has 0 radical (unpaired) electrons. The van der Waals surface area contributed by atoms with Gasteiger partial charge in [-0.15, -0.1) is 0 Å². The second-order valence-electron chi connectivity index (χ2n) is 7.01. The van der Waals surface area contributed by atoms with Gasteiger partial charge >= 0.3 is 0 Å². The van der Waals surface area contributed by atoms with E-state index >= 15 is 0 Å². The molecule has 2 aliphatic heterocycles. The summed E-state index contributed by atoms with van der Waals surface area (Å²) >= 11 is 12.0. The third-order valence-corrected chi connectivity index (χ3v) is 5.95. The maximum atomic E-state index is 12.6. The first-order chi connectivity index (χ1) is 13.0. The fourth-order valence-corrected chi connectivity index (χ4v) is 4.01. The summed E-state index contributed by atoms with van der Waals surface area (Å²) < 4.78 is 0. The Hall–Kier alpha value is -2.24. The standard InChI is InChI=1S/C20H19Cl2N3O2/c21-15-6-5-13(11-16(15)22)12-18(26)25-9-7-20(8-10-25)23-17-4-2-1-3-14(17)19(27)24-20/h1-6,11,23H,7-10,12H2,(H,24,27). The smallest absolute Gasteiger partial charge is 0.255 e. The highest BCUT2D eigenvalue weighted by molar-refractivity contribution is 6.42. The molecular formula is C20H19Cl2N3O2. The number of para-hydroxylation sites is 1. The maximum Gasteiger partial charge on any atom is 0.255 e. The second-order valence-corrected chi connectivity index (χ2v) is 7.83. The third kappa shape index (κ3) is 3.62. The van der Waals surface area contributed by atoms with Crippen molar-refractivity contribution in [2.75, 3.05) is 18.4 Å². The largest absolute Gasteiger partial charge is 0.362 e. The molecule has 2 heterocycles. The van der Waals surface area contributed by atoms with Crippen LogP contribution in [-0.4, -0.2) is 35.5 Å². The van der Waals surface area contributed by atoms with Crippen LogP contribution in [0.5, 0.6) is 0 Å². The van der Waals surface area contributed by atoms with Gasteiger partial charge in [0.05, 0.1) is 22.0 Å². The van der Waals surface area contributed by atoms with Crippen LogP contribution < -0.4 is 10.6 Å². The molecule has 0 aromatic heterocycles. The van der Waals surface area contributed by atoms with E-state index in [0.717, 1.165) is 11.3 Å². The number of anilines is 1. The molecule has 2 aromatic rings. The van der Waals surface area contributed by atoms with Gasteiger partial charge in [0.1, 0.15) is 5.66 Å². The number of carbonyl (C=O) groups is 2. The monoisotopic (exact) mass is 403 g/mol. The van der Waals surface area contributed by atoms with Gasteiger partial charge in [-0.2, -0.15) is 0 Å². The number of hydrogen-bond donors (Lipinski definition) is 2. The zero-order valence-corrected chi connectivity index (χ0v) is 16.1. The average Bonchev–Trinajstić information content (AvgIpc) is 2.65. The van der Waals surface area contributed by atoms with Gasteiger partial charge < -0.3 is 15.5 Å². The number of halogens is 2. The van der Waals surface area contributed by atoms with E-state index in [9.17, 15) is 9.59 Å². The molecule has 2 aliphatic rings. The van der Waals surface area contributed by atoms with Gasteiger partial charge in [-0.3, -0.25) is 9.59 Å². The number of benzene rings is 2. The fourth-order valence-electron chi connectivity index (χ4n) is 3.69. The quantitative estimate of drug-likeness (QED) is 0.803. The van der Waals surface area contributed by atoms with Crippen LogP contribution in [0.2, 0.25) is 10.0 Å². The lowest BCUT2D eigenvalue weighted by Gasteiger charge is -2.45. The molecule has 0 bridgehead atoms. The fraction of sp³-hybridized carbons (Fsp3) is 0.300. The van der Waals surface area contributed by atoms with E-state index in [2.05, 4.69) is 10.6 Å². The SMILES string of the molecule is O=C1NC2(CCN(C(=O)Cc3ccc(Cl)c(Cl)c3)CC2)Nc2ccccc21. The van der Waals surface area contributed by atoms with Crippen LogP contribution in [0.4, 0.5) is 5.69 Å². The molecule has 0 aliphatic carbocycles. The molecular weight excluding hydrogens is 385 g/mol. The normalized spacial score (nSPS) is 17.9. The molecule has 1 fully saturated rings. The highest BCUT2D eigenvalue weighted by Crippen LogP contribution is 2.31. The highest BCUT2D eigenvalue weighted by Gasteiger charge is 2.40. The predicted molar refractivity (Wildman–Crippen MR) is 106 cm³/mol. The number of rotatable bonds is 2. The maximum absolute atomic E-state index is 12.6. The Morgan fingerprint density at radius 2 is 1.78 bits per heavy atom. The Kier molecular flexibility index (Phi) is 4.74. The second kappa shape index (κ2) is 7.06. The number of hydrogen-bond acceptors (Lipinski definition) is 3. The Labute approximate surface area is 167 Å². The zero-order chi connectivity index (χ0) is 19.0. The number of piperidine rings is 1. The van der Waals surface area contributed by atoms with Crippen molar-refractivity contribution in [3.8, 4) is 0 Å². The summed E-state index contributed by atoms with van der Waals surface area (Å²) in [6, 6.07) is 12.7. The number of nitrogens with one attached hydrogen (secondary N) is 2. The van der Waals surface area contributed by atoms with Gasteiger partial charge in [-0.1, -0.05) is 41.4 Å². The van der Waals surface area contributed by atoms with Crippen molar-refractivity contribution in [2.45, 2.75) is 24.9 Å². The molecule has 4 rings (SSSR count). The molecule has 1 saturated heterocycles. The first-order valence-corrected chi connectivity index (χ1v) is 9.63. The first-order valence-electron chi connectivity index (χ1n) is 8.87. The molecule has 1 spiro atoms. The van der Waals surface area contributed by atoms with Crippen molar-refractivity contribution >= 4 is 40.7 Å². The van der Waals surface area contributed by atoms with Gasteiger partial charge in [-0.05, 0) is 29.8 Å². The Morgan fingerprint density at radius 1 is 1.04 bits per heavy atom. The van der Waals surface area contributed by atoms with Crippen molar-refractivity contribution in [3.05, 3.63) is 63.6 Å². The van der Waals surface area contributed by atoms with E-state index in [0.29, 0.717) is 41.5 Å². The first kappa shape index (κ1) is 18.1. The summed E-state index contributed by atoms with van der Waals surface area (Å²) in [4.78, 5) is 26.9. The van der Waals surface area contributed by atoms with Crippen molar-refractivity contribution in [1.29, 1.82) is 0 Å². The summed E-state index contributed by atoms with van der Waals surface area (Å²) in [5, 5.41) is 7.48. The van der Waals surface area contributed by atoms with Crippen molar-refractivity contribution in [2.24, 2.45) is 0 Å². The van der Waals surface area contributed by atoms with Crippen LogP contribution in [0.15, 0.2) is 42.5 Å². The number of nitrogens with zero attached hydrogens (tertiary/aromatic N) is 1. The Balaban J connectivity index is 1.41. The molecule has 7 heteroatoms. The lowest BCUT2D eigenvalue weighted by molar-refractivity contribution is -0.132. The summed E-state index contributed by atoms with van der Waals surface area (Å²) in [7, 11) is 0. The van der Waals surface area contributed by atoms with E-state index in [1.54, 1.807) is 18.2 Å². The molecule has 2 amide bonds.